The number of rotatable bonds is 4. The summed E-state index contributed by atoms with van der Waals surface area (Å²) in [6, 6.07) is 1.72. The molecule has 0 saturated carbocycles. The van der Waals surface area contributed by atoms with E-state index in [1.165, 1.54) is 0 Å². The van der Waals surface area contributed by atoms with Crippen LogP contribution in [0.2, 0.25) is 5.02 Å². The van der Waals surface area contributed by atoms with Gasteiger partial charge in [-0.1, -0.05) is 23.8 Å². The molecule has 0 radical (unpaired) electrons. The standard InChI is InChI=1S/C11H15ClN2O/c1-8(2)6-14(3)11-10(12)4-9(7-15)5-13-11/h4-5,15H,1,6-7H2,2-3H3. The molecule has 0 atom stereocenters. The van der Waals surface area contributed by atoms with Crippen molar-refractivity contribution < 1.29 is 5.11 Å². The van der Waals surface area contributed by atoms with Crippen molar-refractivity contribution in [1.82, 2.24) is 4.98 Å². The van der Waals surface area contributed by atoms with Gasteiger partial charge in [0, 0.05) is 19.8 Å². The van der Waals surface area contributed by atoms with Crippen LogP contribution in [0.5, 0.6) is 0 Å². The summed E-state index contributed by atoms with van der Waals surface area (Å²) >= 11 is 6.04. The number of pyridine rings is 1. The Bertz CT molecular complexity index is 366. The third-order valence-corrected chi connectivity index (χ3v) is 2.21. The highest BCUT2D eigenvalue weighted by Crippen LogP contribution is 2.23. The number of hydrogen-bond donors (Lipinski definition) is 1. The molecule has 3 nitrogen and oxygen atoms in total. The molecule has 82 valence electrons. The van der Waals surface area contributed by atoms with E-state index in [2.05, 4.69) is 11.6 Å². The van der Waals surface area contributed by atoms with Gasteiger partial charge in [-0.2, -0.15) is 0 Å². The average molecular weight is 227 g/mol. The summed E-state index contributed by atoms with van der Waals surface area (Å²) in [6.07, 6.45) is 1.62. The second-order valence-electron chi connectivity index (χ2n) is 3.62. The van der Waals surface area contributed by atoms with E-state index < -0.39 is 0 Å². The first-order valence-corrected chi connectivity index (χ1v) is 5.03. The molecule has 1 N–H and O–H groups in total. The molecule has 0 unspecified atom stereocenters. The van der Waals surface area contributed by atoms with Crippen molar-refractivity contribution in [2.24, 2.45) is 0 Å². The minimum Gasteiger partial charge on any atom is -0.392 e. The monoisotopic (exact) mass is 226 g/mol. The predicted octanol–water partition coefficient (Wildman–Crippen LogP) is 2.24. The van der Waals surface area contributed by atoms with Crippen LogP contribution in [0.4, 0.5) is 5.82 Å². The van der Waals surface area contributed by atoms with Gasteiger partial charge in [0.05, 0.1) is 11.6 Å². The molecular weight excluding hydrogens is 212 g/mol. The lowest BCUT2D eigenvalue weighted by Gasteiger charge is -2.19. The topological polar surface area (TPSA) is 36.4 Å². The molecular formula is C11H15ClN2O. The van der Waals surface area contributed by atoms with Crippen molar-refractivity contribution in [3.05, 3.63) is 35.0 Å². The van der Waals surface area contributed by atoms with Crippen LogP contribution in [-0.2, 0) is 6.61 Å². The Kier molecular flexibility index (Phi) is 4.12. The molecule has 1 aromatic heterocycles. The maximum absolute atomic E-state index is 8.91. The van der Waals surface area contributed by atoms with Crippen molar-refractivity contribution in [3.8, 4) is 0 Å². The van der Waals surface area contributed by atoms with E-state index in [-0.39, 0.29) is 6.61 Å². The third kappa shape index (κ3) is 3.22. The molecule has 1 rings (SSSR count). The second kappa shape index (κ2) is 5.14. The fourth-order valence-corrected chi connectivity index (χ4v) is 1.65. The van der Waals surface area contributed by atoms with E-state index in [4.69, 9.17) is 16.7 Å². The third-order valence-electron chi connectivity index (χ3n) is 1.93. The number of aliphatic hydroxyl groups is 1. The van der Waals surface area contributed by atoms with Gasteiger partial charge in [-0.05, 0) is 18.6 Å². The van der Waals surface area contributed by atoms with E-state index >= 15 is 0 Å². The van der Waals surface area contributed by atoms with Crippen LogP contribution < -0.4 is 4.90 Å². The lowest BCUT2D eigenvalue weighted by molar-refractivity contribution is 0.281. The zero-order valence-electron chi connectivity index (χ0n) is 9.00. The molecule has 15 heavy (non-hydrogen) atoms. The molecule has 0 aliphatic carbocycles. The summed E-state index contributed by atoms with van der Waals surface area (Å²) in [5.41, 5.74) is 1.76. The Labute approximate surface area is 95.0 Å². The normalized spacial score (nSPS) is 10.1. The highest BCUT2D eigenvalue weighted by molar-refractivity contribution is 6.33. The van der Waals surface area contributed by atoms with Crippen molar-refractivity contribution in [1.29, 1.82) is 0 Å². The fourth-order valence-electron chi connectivity index (χ4n) is 1.32. The molecule has 0 spiro atoms. The summed E-state index contributed by atoms with van der Waals surface area (Å²) in [6.45, 7) is 6.45. The van der Waals surface area contributed by atoms with Crippen LogP contribution in [0.1, 0.15) is 12.5 Å². The van der Waals surface area contributed by atoms with Crippen LogP contribution in [0.3, 0.4) is 0 Å². The molecule has 4 heteroatoms. The van der Waals surface area contributed by atoms with Crippen LogP contribution >= 0.6 is 11.6 Å². The van der Waals surface area contributed by atoms with E-state index in [1.807, 2.05) is 18.9 Å². The van der Waals surface area contributed by atoms with E-state index in [0.717, 1.165) is 5.57 Å². The van der Waals surface area contributed by atoms with Crippen LogP contribution in [0.15, 0.2) is 24.4 Å². The minimum absolute atomic E-state index is 0.0444. The zero-order valence-corrected chi connectivity index (χ0v) is 9.75. The van der Waals surface area contributed by atoms with Crippen molar-refractivity contribution in [2.45, 2.75) is 13.5 Å². The number of aliphatic hydroxyl groups excluding tert-OH is 1. The van der Waals surface area contributed by atoms with Crippen LogP contribution in [0, 0.1) is 0 Å². The van der Waals surface area contributed by atoms with Gasteiger partial charge in [0.2, 0.25) is 0 Å². The Morgan fingerprint density at radius 1 is 1.67 bits per heavy atom. The molecule has 0 aliphatic heterocycles. The SMILES string of the molecule is C=C(C)CN(C)c1ncc(CO)cc1Cl. The Morgan fingerprint density at radius 3 is 2.80 bits per heavy atom. The molecule has 1 heterocycles. The second-order valence-corrected chi connectivity index (χ2v) is 4.03. The highest BCUT2D eigenvalue weighted by Gasteiger charge is 2.08. The van der Waals surface area contributed by atoms with Crippen LogP contribution in [-0.4, -0.2) is 23.7 Å². The highest BCUT2D eigenvalue weighted by atomic mass is 35.5. The number of likely N-dealkylation sites (N-methyl/N-ethyl adjacent to an activating group) is 1. The van der Waals surface area contributed by atoms with Gasteiger partial charge in [0.25, 0.3) is 0 Å². The summed E-state index contributed by atoms with van der Waals surface area (Å²) in [5, 5.41) is 9.46. The predicted molar refractivity (Wildman–Crippen MR) is 63.3 cm³/mol. The van der Waals surface area contributed by atoms with Gasteiger partial charge in [-0.15, -0.1) is 0 Å². The zero-order chi connectivity index (χ0) is 11.4. The molecule has 0 amide bonds. The lowest BCUT2D eigenvalue weighted by Crippen LogP contribution is -2.20. The number of aromatic nitrogens is 1. The van der Waals surface area contributed by atoms with Gasteiger partial charge < -0.3 is 10.0 Å². The number of halogens is 1. The first-order chi connectivity index (χ1) is 7.04. The maximum atomic E-state index is 8.91. The van der Waals surface area contributed by atoms with E-state index in [0.29, 0.717) is 22.9 Å². The molecule has 1 aromatic rings. The minimum atomic E-state index is -0.0444. The van der Waals surface area contributed by atoms with E-state index in [9.17, 15) is 0 Å². The summed E-state index contributed by atoms with van der Waals surface area (Å²) in [7, 11) is 1.90. The van der Waals surface area contributed by atoms with Crippen molar-refractivity contribution in [3.63, 3.8) is 0 Å². The summed E-state index contributed by atoms with van der Waals surface area (Å²) in [5.74, 6) is 0.705. The van der Waals surface area contributed by atoms with Crippen molar-refractivity contribution in [2.75, 3.05) is 18.5 Å². The fraction of sp³-hybridized carbons (Fsp3) is 0.364. The number of anilines is 1. The number of nitrogens with zero attached hydrogens (tertiary/aromatic N) is 2. The quantitative estimate of drug-likeness (QED) is 0.800. The Hall–Kier alpha value is -1.06. The molecule has 0 aliphatic rings. The molecule has 0 fully saturated rings. The smallest absolute Gasteiger partial charge is 0.147 e. The maximum Gasteiger partial charge on any atom is 0.147 e. The molecule has 0 bridgehead atoms. The van der Waals surface area contributed by atoms with Crippen LogP contribution in [0.25, 0.3) is 0 Å². The van der Waals surface area contributed by atoms with Gasteiger partial charge >= 0.3 is 0 Å². The Morgan fingerprint density at radius 2 is 2.33 bits per heavy atom. The first kappa shape index (κ1) is 12.0. The van der Waals surface area contributed by atoms with Crippen molar-refractivity contribution >= 4 is 17.4 Å². The molecule has 0 saturated heterocycles. The Balaban J connectivity index is 2.90. The largest absolute Gasteiger partial charge is 0.392 e. The summed E-state index contributed by atoms with van der Waals surface area (Å²) in [4.78, 5) is 6.12. The average Bonchev–Trinajstić information content (AvgIpc) is 2.16. The van der Waals surface area contributed by atoms with E-state index in [1.54, 1.807) is 12.3 Å². The van der Waals surface area contributed by atoms with Gasteiger partial charge in [-0.3, -0.25) is 0 Å². The first-order valence-electron chi connectivity index (χ1n) is 4.65. The molecule has 0 aromatic carbocycles. The number of hydrogen-bond acceptors (Lipinski definition) is 3. The summed E-state index contributed by atoms with van der Waals surface area (Å²) < 4.78 is 0. The lowest BCUT2D eigenvalue weighted by atomic mass is 10.3. The van der Waals surface area contributed by atoms with Gasteiger partial charge in [0.15, 0.2) is 0 Å². The van der Waals surface area contributed by atoms with Gasteiger partial charge in [-0.25, -0.2) is 4.98 Å². The van der Waals surface area contributed by atoms with Gasteiger partial charge in [0.1, 0.15) is 5.82 Å².